The van der Waals surface area contributed by atoms with Crippen LogP contribution in [0.3, 0.4) is 0 Å². The highest BCUT2D eigenvalue weighted by Crippen LogP contribution is 2.23. The van der Waals surface area contributed by atoms with Gasteiger partial charge >= 0.3 is 0 Å². The second-order valence-electron chi connectivity index (χ2n) is 5.35. The van der Waals surface area contributed by atoms with Crippen molar-refractivity contribution in [2.45, 2.75) is 45.2 Å². The van der Waals surface area contributed by atoms with E-state index in [2.05, 4.69) is 17.0 Å². The molecule has 1 aliphatic rings. The third kappa shape index (κ3) is 3.15. The highest BCUT2D eigenvalue weighted by molar-refractivity contribution is 7.13. The number of likely N-dealkylation sites (tertiary alicyclic amines) is 1. The monoisotopic (exact) mass is 304 g/mol. The van der Waals surface area contributed by atoms with Gasteiger partial charge in [0.1, 0.15) is 4.88 Å². The molecule has 0 N–H and O–H groups in total. The summed E-state index contributed by atoms with van der Waals surface area (Å²) in [6.07, 6.45) is 9.66. The van der Waals surface area contributed by atoms with Crippen LogP contribution in [0.2, 0.25) is 0 Å². The number of amides is 1. The average molecular weight is 304 g/mol. The number of nitrogens with zero attached hydrogens (tertiary/aromatic N) is 4. The van der Waals surface area contributed by atoms with Crippen LogP contribution in [0.25, 0.3) is 0 Å². The molecule has 6 heteroatoms. The first-order valence-electron chi connectivity index (χ1n) is 7.51. The van der Waals surface area contributed by atoms with Gasteiger partial charge in [-0.2, -0.15) is 5.10 Å². The van der Waals surface area contributed by atoms with Gasteiger partial charge in [-0.15, -0.1) is 11.3 Å². The van der Waals surface area contributed by atoms with Crippen molar-refractivity contribution in [3.63, 3.8) is 0 Å². The molecule has 5 nitrogen and oxygen atoms in total. The number of piperidine rings is 1. The van der Waals surface area contributed by atoms with Crippen LogP contribution in [0.5, 0.6) is 0 Å². The summed E-state index contributed by atoms with van der Waals surface area (Å²) in [6, 6.07) is 2.16. The van der Waals surface area contributed by atoms with Crippen LogP contribution in [0.1, 0.15) is 40.9 Å². The maximum Gasteiger partial charge on any atom is 0.265 e. The summed E-state index contributed by atoms with van der Waals surface area (Å²) in [5, 5.41) is 5.29. The van der Waals surface area contributed by atoms with E-state index in [0.717, 1.165) is 42.2 Å². The molecular formula is C15H20N4OS. The van der Waals surface area contributed by atoms with Crippen molar-refractivity contribution < 1.29 is 4.79 Å². The van der Waals surface area contributed by atoms with E-state index in [1.165, 1.54) is 17.8 Å². The first-order valence-corrected chi connectivity index (χ1v) is 8.32. The van der Waals surface area contributed by atoms with Crippen LogP contribution >= 0.6 is 11.3 Å². The maximum absolute atomic E-state index is 12.7. The zero-order valence-corrected chi connectivity index (χ0v) is 13.1. The fourth-order valence-electron chi connectivity index (χ4n) is 2.80. The van der Waals surface area contributed by atoms with Gasteiger partial charge in [-0.1, -0.05) is 6.92 Å². The van der Waals surface area contributed by atoms with Crippen molar-refractivity contribution in [2.24, 2.45) is 0 Å². The highest BCUT2D eigenvalue weighted by Gasteiger charge is 2.28. The largest absolute Gasteiger partial charge is 0.333 e. The Bertz CT molecular complexity index is 593. The van der Waals surface area contributed by atoms with Crippen molar-refractivity contribution in [2.75, 3.05) is 6.54 Å². The normalized spacial score (nSPS) is 18.9. The number of hydrogen-bond acceptors (Lipinski definition) is 4. The van der Waals surface area contributed by atoms with E-state index < -0.39 is 0 Å². The van der Waals surface area contributed by atoms with Crippen LogP contribution in [-0.2, 0) is 13.0 Å². The molecule has 2 aromatic heterocycles. The lowest BCUT2D eigenvalue weighted by atomic mass is 10.0. The molecule has 21 heavy (non-hydrogen) atoms. The SMILES string of the molecule is CCc1ncc(C(=O)N2CCCC[C@H]2Cn2cccn2)s1. The minimum absolute atomic E-state index is 0.129. The molecule has 0 radical (unpaired) electrons. The Morgan fingerprint density at radius 2 is 2.38 bits per heavy atom. The molecule has 0 unspecified atom stereocenters. The number of carbonyl (C=O) groups is 1. The summed E-state index contributed by atoms with van der Waals surface area (Å²) < 4.78 is 1.92. The van der Waals surface area contributed by atoms with E-state index >= 15 is 0 Å². The Hall–Kier alpha value is -1.69. The van der Waals surface area contributed by atoms with E-state index in [9.17, 15) is 4.79 Å². The van der Waals surface area contributed by atoms with Gasteiger partial charge in [0.2, 0.25) is 0 Å². The summed E-state index contributed by atoms with van der Waals surface area (Å²) >= 11 is 1.52. The Morgan fingerprint density at radius 1 is 1.48 bits per heavy atom. The molecule has 0 spiro atoms. The minimum Gasteiger partial charge on any atom is -0.333 e. The van der Waals surface area contributed by atoms with E-state index in [0.29, 0.717) is 0 Å². The molecule has 1 saturated heterocycles. The Balaban J connectivity index is 1.75. The lowest BCUT2D eigenvalue weighted by Crippen LogP contribution is -2.45. The molecule has 1 amide bonds. The highest BCUT2D eigenvalue weighted by atomic mass is 32.1. The first-order chi connectivity index (χ1) is 10.3. The van der Waals surface area contributed by atoms with Crippen LogP contribution in [0.15, 0.2) is 24.7 Å². The Morgan fingerprint density at radius 3 is 3.10 bits per heavy atom. The van der Waals surface area contributed by atoms with Gasteiger partial charge in [0.05, 0.1) is 23.8 Å². The second kappa shape index (κ2) is 6.39. The number of aryl methyl sites for hydroxylation is 1. The van der Waals surface area contributed by atoms with Gasteiger partial charge in [0, 0.05) is 18.9 Å². The Kier molecular flexibility index (Phi) is 4.34. The van der Waals surface area contributed by atoms with Gasteiger partial charge < -0.3 is 4.90 Å². The molecule has 1 fully saturated rings. The predicted molar refractivity (Wildman–Crippen MR) is 82.4 cm³/mol. The van der Waals surface area contributed by atoms with Crippen LogP contribution in [-0.4, -0.2) is 38.2 Å². The van der Waals surface area contributed by atoms with Crippen molar-refractivity contribution in [3.05, 3.63) is 34.5 Å². The zero-order chi connectivity index (χ0) is 14.7. The van der Waals surface area contributed by atoms with Gasteiger partial charge in [-0.25, -0.2) is 4.98 Å². The number of aromatic nitrogens is 3. The van der Waals surface area contributed by atoms with Crippen LogP contribution in [0, 0.1) is 0 Å². The maximum atomic E-state index is 12.7. The number of rotatable bonds is 4. The summed E-state index contributed by atoms with van der Waals surface area (Å²) in [5.41, 5.74) is 0. The zero-order valence-electron chi connectivity index (χ0n) is 12.2. The summed E-state index contributed by atoms with van der Waals surface area (Å²) in [6.45, 7) is 3.68. The quantitative estimate of drug-likeness (QED) is 0.872. The molecule has 0 saturated carbocycles. The molecule has 2 aromatic rings. The number of hydrogen-bond donors (Lipinski definition) is 0. The third-order valence-electron chi connectivity index (χ3n) is 3.91. The average Bonchev–Trinajstić information content (AvgIpc) is 3.18. The van der Waals surface area contributed by atoms with Gasteiger partial charge in [0.15, 0.2) is 0 Å². The van der Waals surface area contributed by atoms with Gasteiger partial charge in [-0.3, -0.25) is 9.48 Å². The Labute approximate surface area is 128 Å². The van der Waals surface area contributed by atoms with E-state index in [4.69, 9.17) is 0 Å². The molecule has 3 heterocycles. The van der Waals surface area contributed by atoms with Crippen LogP contribution in [0.4, 0.5) is 0 Å². The molecule has 1 aliphatic heterocycles. The van der Waals surface area contributed by atoms with Crippen molar-refractivity contribution in [3.8, 4) is 0 Å². The third-order valence-corrected chi connectivity index (χ3v) is 5.04. The molecule has 3 rings (SSSR count). The van der Waals surface area contributed by atoms with Crippen molar-refractivity contribution in [1.82, 2.24) is 19.7 Å². The summed E-state index contributed by atoms with van der Waals surface area (Å²) in [7, 11) is 0. The standard InChI is InChI=1S/C15H20N4OS/c1-2-14-16-10-13(21-14)15(20)19-9-4-3-6-12(19)11-18-8-5-7-17-18/h5,7-8,10,12H,2-4,6,9,11H2,1H3/t12-/m0/s1. The second-order valence-corrected chi connectivity index (χ2v) is 6.46. The molecule has 0 aliphatic carbocycles. The van der Waals surface area contributed by atoms with Crippen molar-refractivity contribution >= 4 is 17.2 Å². The fourth-order valence-corrected chi connectivity index (χ4v) is 3.61. The summed E-state index contributed by atoms with van der Waals surface area (Å²) in [4.78, 5) is 19.8. The minimum atomic E-state index is 0.129. The molecule has 112 valence electrons. The number of thiazole rings is 1. The topological polar surface area (TPSA) is 51.0 Å². The lowest BCUT2D eigenvalue weighted by molar-refractivity contribution is 0.0588. The molecule has 0 bridgehead atoms. The van der Waals surface area contributed by atoms with Crippen molar-refractivity contribution in [1.29, 1.82) is 0 Å². The number of carbonyl (C=O) groups excluding carboxylic acids is 1. The van der Waals surface area contributed by atoms with Gasteiger partial charge in [0.25, 0.3) is 5.91 Å². The van der Waals surface area contributed by atoms with Gasteiger partial charge in [-0.05, 0) is 31.7 Å². The molecule has 0 aromatic carbocycles. The summed E-state index contributed by atoms with van der Waals surface area (Å²) in [5.74, 6) is 0.129. The fraction of sp³-hybridized carbons (Fsp3) is 0.533. The molecular weight excluding hydrogens is 284 g/mol. The van der Waals surface area contributed by atoms with E-state index in [1.54, 1.807) is 12.4 Å². The van der Waals surface area contributed by atoms with E-state index in [-0.39, 0.29) is 11.9 Å². The van der Waals surface area contributed by atoms with Crippen LogP contribution < -0.4 is 0 Å². The predicted octanol–water partition coefficient (Wildman–Crippen LogP) is 2.60. The van der Waals surface area contributed by atoms with E-state index in [1.807, 2.05) is 21.8 Å². The lowest BCUT2D eigenvalue weighted by Gasteiger charge is -2.35. The molecule has 1 atom stereocenters. The first kappa shape index (κ1) is 14.3. The smallest absolute Gasteiger partial charge is 0.265 e.